The zero-order valence-electron chi connectivity index (χ0n) is 16.1. The number of likely N-dealkylation sites (tertiary alicyclic amines) is 1. The summed E-state index contributed by atoms with van der Waals surface area (Å²) in [4.78, 5) is 14.2. The average molecular weight is 471 g/mol. The Bertz CT molecular complexity index is 845. The van der Waals surface area contributed by atoms with Crippen LogP contribution in [0.4, 0.5) is 26.3 Å². The van der Waals surface area contributed by atoms with Crippen molar-refractivity contribution in [3.63, 3.8) is 0 Å². The second kappa shape index (κ2) is 9.22. The summed E-state index contributed by atoms with van der Waals surface area (Å²) in [6.45, 7) is 0.656. The Labute approximate surface area is 181 Å². The van der Waals surface area contributed by atoms with Gasteiger partial charge in [-0.05, 0) is 37.0 Å². The molecule has 31 heavy (non-hydrogen) atoms. The Balaban J connectivity index is 0.00000341. The van der Waals surface area contributed by atoms with Crippen LogP contribution in [0.1, 0.15) is 41.9 Å². The van der Waals surface area contributed by atoms with Crippen LogP contribution >= 0.6 is 12.4 Å². The molecule has 2 aliphatic rings. The van der Waals surface area contributed by atoms with E-state index in [0.29, 0.717) is 32.0 Å². The van der Waals surface area contributed by atoms with E-state index < -0.39 is 47.4 Å². The van der Waals surface area contributed by atoms with Gasteiger partial charge >= 0.3 is 12.4 Å². The topological polar surface area (TPSA) is 82.2 Å². The van der Waals surface area contributed by atoms with Gasteiger partial charge in [0.1, 0.15) is 6.04 Å². The van der Waals surface area contributed by atoms with Crippen molar-refractivity contribution in [3.05, 3.63) is 34.9 Å². The van der Waals surface area contributed by atoms with E-state index in [4.69, 9.17) is 11.0 Å². The number of nitrogens with two attached hydrogens (primary N) is 1. The Morgan fingerprint density at radius 3 is 2.29 bits per heavy atom. The number of piperidine rings is 1. The summed E-state index contributed by atoms with van der Waals surface area (Å²) in [6, 6.07) is 0.534. The van der Waals surface area contributed by atoms with Gasteiger partial charge in [-0.1, -0.05) is 6.07 Å². The molecule has 2 fully saturated rings. The molecule has 5 nitrogen and oxygen atoms in total. The maximum absolute atomic E-state index is 13.6. The van der Waals surface area contributed by atoms with Gasteiger partial charge in [0.05, 0.1) is 23.2 Å². The van der Waals surface area contributed by atoms with E-state index >= 15 is 0 Å². The van der Waals surface area contributed by atoms with Gasteiger partial charge in [-0.15, -0.1) is 12.4 Å². The van der Waals surface area contributed by atoms with Gasteiger partial charge in [0.15, 0.2) is 0 Å². The molecular formula is C19H21ClF6N4O. The van der Waals surface area contributed by atoms with E-state index in [2.05, 4.69) is 5.32 Å². The molecule has 1 amide bonds. The highest BCUT2D eigenvalue weighted by Crippen LogP contribution is 2.42. The number of hydrogen-bond acceptors (Lipinski definition) is 4. The lowest BCUT2D eigenvalue weighted by Crippen LogP contribution is -2.51. The largest absolute Gasteiger partial charge is 0.417 e. The van der Waals surface area contributed by atoms with Gasteiger partial charge < -0.3 is 10.6 Å². The molecule has 1 aromatic carbocycles. The normalized spacial score (nSPS) is 25.1. The molecular weight excluding hydrogens is 450 g/mol. The highest BCUT2D eigenvalue weighted by Gasteiger charge is 2.52. The van der Waals surface area contributed by atoms with Crippen LogP contribution in [0.15, 0.2) is 18.2 Å². The second-order valence-electron chi connectivity index (χ2n) is 7.66. The first-order chi connectivity index (χ1) is 13.9. The van der Waals surface area contributed by atoms with Crippen LogP contribution < -0.4 is 11.1 Å². The highest BCUT2D eigenvalue weighted by molar-refractivity contribution is 5.85. The maximum Gasteiger partial charge on any atom is 0.417 e. The van der Waals surface area contributed by atoms with Crippen molar-refractivity contribution in [3.8, 4) is 6.07 Å². The fourth-order valence-corrected chi connectivity index (χ4v) is 4.08. The quantitative estimate of drug-likeness (QED) is 0.650. The van der Waals surface area contributed by atoms with Crippen molar-refractivity contribution in [2.45, 2.75) is 55.7 Å². The van der Waals surface area contributed by atoms with Crippen LogP contribution in [0.5, 0.6) is 0 Å². The summed E-state index contributed by atoms with van der Waals surface area (Å²) in [5, 5.41) is 11.2. The molecule has 12 heteroatoms. The van der Waals surface area contributed by atoms with E-state index in [0.717, 1.165) is 12.1 Å². The second-order valence-corrected chi connectivity index (χ2v) is 7.66. The van der Waals surface area contributed by atoms with Crippen LogP contribution in [0.25, 0.3) is 0 Å². The first-order valence-corrected chi connectivity index (χ1v) is 9.40. The average Bonchev–Trinajstić information content (AvgIpc) is 3.13. The number of halogens is 7. The van der Waals surface area contributed by atoms with E-state index in [1.54, 1.807) is 0 Å². The number of nitrogens with one attached hydrogen (secondary N) is 1. The predicted molar refractivity (Wildman–Crippen MR) is 101 cm³/mol. The summed E-state index contributed by atoms with van der Waals surface area (Å²) in [5.41, 5.74) is 3.61. The van der Waals surface area contributed by atoms with Crippen molar-refractivity contribution in [2.75, 3.05) is 13.1 Å². The third-order valence-corrected chi connectivity index (χ3v) is 5.67. The van der Waals surface area contributed by atoms with Gasteiger partial charge in [0, 0.05) is 25.0 Å². The van der Waals surface area contributed by atoms with Crippen molar-refractivity contribution >= 4 is 18.3 Å². The van der Waals surface area contributed by atoms with Crippen LogP contribution in [-0.2, 0) is 11.0 Å². The lowest BCUT2D eigenvalue weighted by atomic mass is 9.88. The van der Waals surface area contributed by atoms with Crippen molar-refractivity contribution in [1.82, 2.24) is 10.2 Å². The number of hydrogen-bond donors (Lipinski definition) is 2. The smallest absolute Gasteiger partial charge is 0.341 e. The third-order valence-electron chi connectivity index (χ3n) is 5.67. The molecule has 172 valence electrons. The standard InChI is InChI=1S/C19H20F6N4O.ClH/c20-18(21,22)14-7-10(1-2-11(14)9-26)13-8-15(28-16(13)19(23,24)25)17(30)29-5-3-12(27)4-6-29;/h1-2,7,12-13,15-16,28H,3-6,8,27H2;1H/t13?,15-,16+;/m0./s1. The first kappa shape index (κ1) is 25.2. The fraction of sp³-hybridized carbons (Fsp3) is 0.579. The minimum Gasteiger partial charge on any atom is -0.341 e. The molecule has 0 bridgehead atoms. The van der Waals surface area contributed by atoms with E-state index in [9.17, 15) is 31.1 Å². The van der Waals surface area contributed by atoms with Crippen LogP contribution in [0.2, 0.25) is 0 Å². The minimum absolute atomic E-state index is 0. The molecule has 0 aromatic heterocycles. The van der Waals surface area contributed by atoms with Crippen molar-refractivity contribution < 1.29 is 31.1 Å². The Morgan fingerprint density at radius 1 is 1.16 bits per heavy atom. The monoisotopic (exact) mass is 470 g/mol. The zero-order chi connectivity index (χ0) is 22.3. The fourth-order valence-electron chi connectivity index (χ4n) is 4.08. The van der Waals surface area contributed by atoms with Crippen LogP contribution in [0.3, 0.4) is 0 Å². The summed E-state index contributed by atoms with van der Waals surface area (Å²) in [6.07, 6.45) is -8.88. The van der Waals surface area contributed by atoms with Gasteiger partial charge in [0.2, 0.25) is 5.91 Å². The summed E-state index contributed by atoms with van der Waals surface area (Å²) in [7, 11) is 0. The molecule has 3 atom stereocenters. The first-order valence-electron chi connectivity index (χ1n) is 9.40. The number of alkyl halides is 6. The van der Waals surface area contributed by atoms with E-state index in [1.807, 2.05) is 0 Å². The van der Waals surface area contributed by atoms with Gasteiger partial charge in [-0.3, -0.25) is 10.1 Å². The molecule has 0 saturated carbocycles. The number of carbonyl (C=O) groups excluding carboxylic acids is 1. The lowest BCUT2D eigenvalue weighted by Gasteiger charge is -2.32. The van der Waals surface area contributed by atoms with Gasteiger partial charge in [0.25, 0.3) is 0 Å². The highest BCUT2D eigenvalue weighted by atomic mass is 35.5. The summed E-state index contributed by atoms with van der Waals surface area (Å²) in [5.74, 6) is -1.90. The molecule has 2 aliphatic heterocycles. The van der Waals surface area contributed by atoms with Gasteiger partial charge in [-0.2, -0.15) is 31.6 Å². The van der Waals surface area contributed by atoms with Crippen LogP contribution in [0, 0.1) is 11.3 Å². The van der Waals surface area contributed by atoms with Crippen molar-refractivity contribution in [1.29, 1.82) is 5.26 Å². The number of amides is 1. The minimum atomic E-state index is -4.89. The Morgan fingerprint density at radius 2 is 1.77 bits per heavy atom. The maximum atomic E-state index is 13.6. The molecule has 0 radical (unpaired) electrons. The summed E-state index contributed by atoms with van der Waals surface area (Å²) < 4.78 is 80.6. The zero-order valence-corrected chi connectivity index (χ0v) is 16.9. The third kappa shape index (κ3) is 5.42. The number of nitrogens with zero attached hydrogens (tertiary/aromatic N) is 2. The Kier molecular flexibility index (Phi) is 7.51. The molecule has 0 aliphatic carbocycles. The molecule has 0 spiro atoms. The molecule has 1 aromatic rings. The molecule has 1 unspecified atom stereocenters. The predicted octanol–water partition coefficient (Wildman–Crippen LogP) is 3.32. The number of benzene rings is 1. The summed E-state index contributed by atoms with van der Waals surface area (Å²) >= 11 is 0. The number of rotatable bonds is 2. The lowest BCUT2D eigenvalue weighted by molar-refractivity contribution is -0.156. The van der Waals surface area contributed by atoms with Crippen LogP contribution in [-0.4, -0.2) is 48.2 Å². The number of nitriles is 1. The van der Waals surface area contributed by atoms with Gasteiger partial charge in [-0.25, -0.2) is 0 Å². The van der Waals surface area contributed by atoms with E-state index in [1.165, 1.54) is 11.0 Å². The van der Waals surface area contributed by atoms with E-state index in [-0.39, 0.29) is 30.4 Å². The Hall–Kier alpha value is -2.03. The SMILES string of the molecule is Cl.N#Cc1ccc(C2C[C@@H](C(=O)N3CCC(N)CC3)N[C@H]2C(F)(F)F)cc1C(F)(F)F. The van der Waals surface area contributed by atoms with Crippen molar-refractivity contribution in [2.24, 2.45) is 5.73 Å². The molecule has 2 saturated heterocycles. The molecule has 3 rings (SSSR count). The molecule has 3 N–H and O–H groups in total. The molecule has 2 heterocycles. The number of carbonyl (C=O) groups is 1.